The smallest absolute Gasteiger partial charge is 0.243 e. The van der Waals surface area contributed by atoms with Crippen molar-refractivity contribution in [2.75, 3.05) is 25.5 Å². The van der Waals surface area contributed by atoms with Crippen molar-refractivity contribution in [3.63, 3.8) is 0 Å². The molecule has 2 aromatic carbocycles. The molecule has 30 heavy (non-hydrogen) atoms. The van der Waals surface area contributed by atoms with Crippen molar-refractivity contribution in [2.45, 2.75) is 37.0 Å². The zero-order valence-corrected chi connectivity index (χ0v) is 19.0. The number of nitrogens with one attached hydrogen (secondary N) is 1. The lowest BCUT2D eigenvalue weighted by molar-refractivity contribution is -0.116. The maximum Gasteiger partial charge on any atom is 0.243 e. The highest BCUT2D eigenvalue weighted by atomic mass is 35.5. The lowest BCUT2D eigenvalue weighted by Crippen LogP contribution is -2.35. The van der Waals surface area contributed by atoms with Gasteiger partial charge in [-0.1, -0.05) is 29.6 Å². The van der Waals surface area contributed by atoms with Gasteiger partial charge in [-0.25, -0.2) is 8.42 Å². The summed E-state index contributed by atoms with van der Waals surface area (Å²) in [6, 6.07) is 9.66. The summed E-state index contributed by atoms with van der Waals surface area (Å²) in [5.41, 5.74) is 1.21. The third-order valence-electron chi connectivity index (χ3n) is 5.03. The number of rotatable bonds is 7. The highest BCUT2D eigenvalue weighted by Crippen LogP contribution is 2.28. The lowest BCUT2D eigenvalue weighted by atomic mass is 10.1. The molecular formula is C21H24Cl2N2O4S. The number of anilines is 1. The van der Waals surface area contributed by atoms with E-state index in [1.54, 1.807) is 36.4 Å². The van der Waals surface area contributed by atoms with E-state index in [1.807, 2.05) is 0 Å². The molecule has 1 N–H and O–H groups in total. The fourth-order valence-electron chi connectivity index (χ4n) is 3.41. The molecule has 1 amide bonds. The number of ether oxygens (including phenoxy) is 1. The van der Waals surface area contributed by atoms with E-state index < -0.39 is 10.0 Å². The SMILES string of the molecule is COc1ccc(S(=O)(=O)N2CCCCC2)cc1CCC(=O)Nc1ccc(Cl)c(Cl)c1. The molecule has 1 heterocycles. The highest BCUT2D eigenvalue weighted by molar-refractivity contribution is 7.89. The van der Waals surface area contributed by atoms with E-state index in [1.165, 1.54) is 11.4 Å². The van der Waals surface area contributed by atoms with Crippen LogP contribution in [0.15, 0.2) is 41.3 Å². The summed E-state index contributed by atoms with van der Waals surface area (Å²) in [5.74, 6) is 0.328. The number of carbonyl (C=O) groups is 1. The molecule has 0 aromatic heterocycles. The maximum atomic E-state index is 13.0. The number of piperidine rings is 1. The number of amides is 1. The summed E-state index contributed by atoms with van der Waals surface area (Å²) in [4.78, 5) is 12.6. The molecule has 0 saturated carbocycles. The van der Waals surface area contributed by atoms with E-state index >= 15 is 0 Å². The van der Waals surface area contributed by atoms with E-state index in [-0.39, 0.29) is 17.2 Å². The molecule has 0 atom stereocenters. The molecule has 1 aliphatic rings. The van der Waals surface area contributed by atoms with Crippen molar-refractivity contribution in [1.29, 1.82) is 0 Å². The Morgan fingerprint density at radius 1 is 1.07 bits per heavy atom. The van der Waals surface area contributed by atoms with Crippen molar-refractivity contribution in [1.82, 2.24) is 4.31 Å². The van der Waals surface area contributed by atoms with Crippen molar-refractivity contribution in [3.8, 4) is 5.75 Å². The Morgan fingerprint density at radius 2 is 1.80 bits per heavy atom. The topological polar surface area (TPSA) is 75.7 Å². The van der Waals surface area contributed by atoms with Gasteiger partial charge < -0.3 is 10.1 Å². The van der Waals surface area contributed by atoms with Gasteiger partial charge in [-0.05, 0) is 61.2 Å². The number of hydrogen-bond acceptors (Lipinski definition) is 4. The standard InChI is InChI=1S/C21H24Cl2N2O4S/c1-29-20-9-7-17(30(27,28)25-11-3-2-4-12-25)13-15(20)5-10-21(26)24-16-6-8-18(22)19(23)14-16/h6-9,13-14H,2-5,10-12H2,1H3,(H,24,26). The van der Waals surface area contributed by atoms with Crippen molar-refractivity contribution >= 4 is 44.8 Å². The average Bonchev–Trinajstić information content (AvgIpc) is 2.75. The highest BCUT2D eigenvalue weighted by Gasteiger charge is 2.26. The summed E-state index contributed by atoms with van der Waals surface area (Å²) in [6.45, 7) is 1.07. The summed E-state index contributed by atoms with van der Waals surface area (Å²) in [7, 11) is -2.03. The van der Waals surface area contributed by atoms with Crippen molar-refractivity contribution in [2.24, 2.45) is 0 Å². The zero-order chi connectivity index (χ0) is 21.7. The molecule has 0 radical (unpaired) electrons. The van der Waals surface area contributed by atoms with Gasteiger partial charge >= 0.3 is 0 Å². The van der Waals surface area contributed by atoms with Crippen LogP contribution in [-0.4, -0.2) is 38.8 Å². The van der Waals surface area contributed by atoms with Crippen LogP contribution in [-0.2, 0) is 21.2 Å². The normalized spacial score (nSPS) is 15.0. The van der Waals surface area contributed by atoms with Gasteiger partial charge in [0.2, 0.25) is 15.9 Å². The number of sulfonamides is 1. The largest absolute Gasteiger partial charge is 0.496 e. The van der Waals surface area contributed by atoms with Gasteiger partial charge in [0.15, 0.2) is 0 Å². The Bertz CT molecular complexity index is 1020. The lowest BCUT2D eigenvalue weighted by Gasteiger charge is -2.26. The van der Waals surface area contributed by atoms with Crippen LogP contribution in [0.25, 0.3) is 0 Å². The average molecular weight is 471 g/mol. The van der Waals surface area contributed by atoms with E-state index in [2.05, 4.69) is 5.32 Å². The van der Waals surface area contributed by atoms with Crippen LogP contribution >= 0.6 is 23.2 Å². The fraction of sp³-hybridized carbons (Fsp3) is 0.381. The molecule has 6 nitrogen and oxygen atoms in total. The van der Waals surface area contributed by atoms with E-state index in [0.29, 0.717) is 46.6 Å². The summed E-state index contributed by atoms with van der Waals surface area (Å²) in [5, 5.41) is 3.53. The summed E-state index contributed by atoms with van der Waals surface area (Å²) in [6.07, 6.45) is 3.28. The van der Waals surface area contributed by atoms with Crippen LogP contribution in [0.2, 0.25) is 10.0 Å². The first-order valence-electron chi connectivity index (χ1n) is 9.73. The molecule has 0 bridgehead atoms. The predicted molar refractivity (Wildman–Crippen MR) is 119 cm³/mol. The first-order valence-corrected chi connectivity index (χ1v) is 11.9. The van der Waals surface area contributed by atoms with Gasteiger partial charge in [0.05, 0.1) is 22.1 Å². The number of halogens is 2. The zero-order valence-electron chi connectivity index (χ0n) is 16.7. The van der Waals surface area contributed by atoms with Crippen molar-refractivity contribution in [3.05, 3.63) is 52.0 Å². The number of nitrogens with zero attached hydrogens (tertiary/aromatic N) is 1. The molecular weight excluding hydrogens is 447 g/mol. The maximum absolute atomic E-state index is 13.0. The molecule has 9 heteroatoms. The van der Waals surface area contributed by atoms with Gasteiger partial charge in [0.1, 0.15) is 5.75 Å². The third kappa shape index (κ3) is 5.46. The van der Waals surface area contributed by atoms with Gasteiger partial charge in [0.25, 0.3) is 0 Å². The van der Waals surface area contributed by atoms with Crippen LogP contribution in [0.4, 0.5) is 5.69 Å². The number of benzene rings is 2. The second kappa shape index (κ2) is 10.0. The number of methoxy groups -OCH3 is 1. The van der Waals surface area contributed by atoms with Gasteiger partial charge in [-0.15, -0.1) is 0 Å². The monoisotopic (exact) mass is 470 g/mol. The first kappa shape index (κ1) is 22.9. The van der Waals surface area contributed by atoms with Gasteiger partial charge in [-0.3, -0.25) is 4.79 Å². The van der Waals surface area contributed by atoms with Gasteiger partial charge in [-0.2, -0.15) is 4.31 Å². The first-order chi connectivity index (χ1) is 14.3. The second-order valence-corrected chi connectivity index (χ2v) is 9.87. The molecule has 0 aliphatic carbocycles. The number of carbonyl (C=O) groups excluding carboxylic acids is 1. The van der Waals surface area contributed by atoms with E-state index in [0.717, 1.165) is 19.3 Å². The molecule has 1 saturated heterocycles. The Balaban J connectivity index is 1.72. The van der Waals surface area contributed by atoms with E-state index in [4.69, 9.17) is 27.9 Å². The number of aryl methyl sites for hydroxylation is 1. The molecule has 0 unspecified atom stereocenters. The molecule has 0 spiro atoms. The molecule has 1 fully saturated rings. The van der Waals surface area contributed by atoms with Crippen LogP contribution in [0.5, 0.6) is 5.75 Å². The predicted octanol–water partition coefficient (Wildman–Crippen LogP) is 4.75. The Hall–Kier alpha value is -1.80. The fourth-order valence-corrected chi connectivity index (χ4v) is 5.28. The molecule has 162 valence electrons. The van der Waals surface area contributed by atoms with Crippen LogP contribution in [0.1, 0.15) is 31.2 Å². The van der Waals surface area contributed by atoms with Gasteiger partial charge in [0, 0.05) is 25.2 Å². The van der Waals surface area contributed by atoms with Crippen LogP contribution in [0, 0.1) is 0 Å². The quantitative estimate of drug-likeness (QED) is 0.633. The molecule has 3 rings (SSSR count). The Kier molecular flexibility index (Phi) is 7.63. The van der Waals surface area contributed by atoms with E-state index in [9.17, 15) is 13.2 Å². The van der Waals surface area contributed by atoms with Crippen LogP contribution < -0.4 is 10.1 Å². The second-order valence-electron chi connectivity index (χ2n) is 7.12. The minimum atomic E-state index is -3.56. The molecule has 1 aliphatic heterocycles. The minimum Gasteiger partial charge on any atom is -0.496 e. The van der Waals surface area contributed by atoms with Crippen molar-refractivity contribution < 1.29 is 17.9 Å². The molecule has 2 aromatic rings. The third-order valence-corrected chi connectivity index (χ3v) is 7.66. The minimum absolute atomic E-state index is 0.157. The van der Waals surface area contributed by atoms with Crippen LogP contribution in [0.3, 0.4) is 0 Å². The number of hydrogen-bond donors (Lipinski definition) is 1. The Labute approximate surface area is 187 Å². The summed E-state index contributed by atoms with van der Waals surface area (Å²) < 4.78 is 32.8. The Morgan fingerprint density at radius 3 is 2.47 bits per heavy atom. The summed E-state index contributed by atoms with van der Waals surface area (Å²) >= 11 is 11.9.